The van der Waals surface area contributed by atoms with Crippen molar-refractivity contribution >= 4 is 23.5 Å². The van der Waals surface area contributed by atoms with Crippen molar-refractivity contribution in [2.45, 2.75) is 19.4 Å². The molecule has 1 aliphatic rings. The molecule has 1 heterocycles. The van der Waals surface area contributed by atoms with E-state index in [1.54, 1.807) is 43.3 Å². The van der Waals surface area contributed by atoms with Crippen LogP contribution in [0.1, 0.15) is 23.6 Å². The number of halogens is 1. The third-order valence-electron chi connectivity index (χ3n) is 4.62. The highest BCUT2D eigenvalue weighted by molar-refractivity contribution is 6.00. The lowest BCUT2D eigenvalue weighted by atomic mass is 10.0. The topological polar surface area (TPSA) is 86.7 Å². The molecule has 1 unspecified atom stereocenters. The van der Waals surface area contributed by atoms with Crippen molar-refractivity contribution in [1.82, 2.24) is 5.32 Å². The Balaban J connectivity index is 1.73. The molecule has 2 atom stereocenters. The second-order valence-corrected chi connectivity index (χ2v) is 6.53. The number of rotatable bonds is 5. The number of benzene rings is 2. The molecule has 0 aliphatic carbocycles. The Labute approximate surface area is 155 Å². The van der Waals surface area contributed by atoms with E-state index in [9.17, 15) is 23.9 Å². The smallest absolute Gasteiger partial charge is 0.330 e. The van der Waals surface area contributed by atoms with E-state index >= 15 is 0 Å². The van der Waals surface area contributed by atoms with Crippen molar-refractivity contribution in [2.24, 2.45) is 5.92 Å². The SMILES string of the molecule is Cc1cc(N2CC(C(=O)N[C@H](C(=O)O)c3ccccc3)CC2=O)ccc1F. The Bertz CT molecular complexity index is 885. The number of hydrogen-bond acceptors (Lipinski definition) is 3. The van der Waals surface area contributed by atoms with Gasteiger partial charge < -0.3 is 15.3 Å². The predicted octanol–water partition coefficient (Wildman–Crippen LogP) is 2.43. The molecule has 2 N–H and O–H groups in total. The molecular formula is C20H19FN2O4. The van der Waals surface area contributed by atoms with Crippen LogP contribution in [0.3, 0.4) is 0 Å². The highest BCUT2D eigenvalue weighted by atomic mass is 19.1. The third kappa shape index (κ3) is 3.97. The number of amides is 2. The number of aliphatic carboxylic acids is 1. The van der Waals surface area contributed by atoms with Gasteiger partial charge in [0.25, 0.3) is 0 Å². The number of carbonyl (C=O) groups excluding carboxylic acids is 2. The van der Waals surface area contributed by atoms with Crippen LogP contribution in [-0.2, 0) is 14.4 Å². The molecule has 6 nitrogen and oxygen atoms in total. The molecule has 1 aliphatic heterocycles. The Morgan fingerprint density at radius 3 is 2.56 bits per heavy atom. The van der Waals surface area contributed by atoms with Crippen LogP contribution in [0.5, 0.6) is 0 Å². The minimum atomic E-state index is -1.18. The standard InChI is InChI=1S/C20H19FN2O4/c1-12-9-15(7-8-16(12)21)23-11-14(10-17(23)24)19(25)22-18(20(26)27)13-5-3-2-4-6-13/h2-9,14,18H,10-11H2,1H3,(H,22,25)(H,26,27)/t14?,18-/m0/s1. The van der Waals surface area contributed by atoms with Gasteiger partial charge in [-0.25, -0.2) is 9.18 Å². The van der Waals surface area contributed by atoms with Gasteiger partial charge in [0.2, 0.25) is 11.8 Å². The van der Waals surface area contributed by atoms with E-state index in [0.29, 0.717) is 16.8 Å². The largest absolute Gasteiger partial charge is 0.479 e. The first-order valence-corrected chi connectivity index (χ1v) is 8.51. The fourth-order valence-corrected chi connectivity index (χ4v) is 3.12. The zero-order valence-corrected chi connectivity index (χ0v) is 14.7. The molecule has 0 saturated carbocycles. The van der Waals surface area contributed by atoms with Crippen molar-refractivity contribution in [3.8, 4) is 0 Å². The maximum atomic E-state index is 13.4. The monoisotopic (exact) mass is 370 g/mol. The highest BCUT2D eigenvalue weighted by Crippen LogP contribution is 2.27. The summed E-state index contributed by atoms with van der Waals surface area (Å²) in [6, 6.07) is 11.5. The summed E-state index contributed by atoms with van der Waals surface area (Å²) >= 11 is 0. The summed E-state index contributed by atoms with van der Waals surface area (Å²) in [5, 5.41) is 11.9. The van der Waals surface area contributed by atoms with Crippen LogP contribution in [0, 0.1) is 18.7 Å². The Hall–Kier alpha value is -3.22. The Morgan fingerprint density at radius 1 is 1.22 bits per heavy atom. The first-order valence-electron chi connectivity index (χ1n) is 8.51. The van der Waals surface area contributed by atoms with Crippen molar-refractivity contribution in [1.29, 1.82) is 0 Å². The lowest BCUT2D eigenvalue weighted by Crippen LogP contribution is -2.38. The van der Waals surface area contributed by atoms with Gasteiger partial charge in [-0.1, -0.05) is 30.3 Å². The minimum Gasteiger partial charge on any atom is -0.479 e. The number of anilines is 1. The highest BCUT2D eigenvalue weighted by Gasteiger charge is 2.37. The van der Waals surface area contributed by atoms with Crippen LogP contribution < -0.4 is 10.2 Å². The van der Waals surface area contributed by atoms with Gasteiger partial charge in [-0.2, -0.15) is 0 Å². The lowest BCUT2D eigenvalue weighted by Gasteiger charge is -2.19. The zero-order valence-electron chi connectivity index (χ0n) is 14.7. The van der Waals surface area contributed by atoms with Crippen LogP contribution in [0.15, 0.2) is 48.5 Å². The van der Waals surface area contributed by atoms with Crippen LogP contribution in [0.25, 0.3) is 0 Å². The number of nitrogens with zero attached hydrogens (tertiary/aromatic N) is 1. The average Bonchev–Trinajstić information content (AvgIpc) is 3.04. The fourth-order valence-electron chi connectivity index (χ4n) is 3.12. The Kier molecular flexibility index (Phi) is 5.21. The van der Waals surface area contributed by atoms with E-state index in [1.807, 2.05) is 0 Å². The van der Waals surface area contributed by atoms with Crippen molar-refractivity contribution in [3.05, 3.63) is 65.5 Å². The normalized spacial score (nSPS) is 17.6. The van der Waals surface area contributed by atoms with Gasteiger partial charge in [-0.3, -0.25) is 9.59 Å². The van der Waals surface area contributed by atoms with E-state index in [-0.39, 0.29) is 24.7 Å². The number of nitrogens with one attached hydrogen (secondary N) is 1. The molecule has 0 radical (unpaired) electrons. The summed E-state index contributed by atoms with van der Waals surface area (Å²) in [6.45, 7) is 1.72. The summed E-state index contributed by atoms with van der Waals surface area (Å²) in [5.74, 6) is -2.97. The van der Waals surface area contributed by atoms with Crippen LogP contribution >= 0.6 is 0 Å². The summed E-state index contributed by atoms with van der Waals surface area (Å²) in [7, 11) is 0. The summed E-state index contributed by atoms with van der Waals surface area (Å²) in [5.41, 5.74) is 1.38. The molecule has 0 spiro atoms. The lowest BCUT2D eigenvalue weighted by molar-refractivity contribution is -0.142. The van der Waals surface area contributed by atoms with Gasteiger partial charge >= 0.3 is 5.97 Å². The van der Waals surface area contributed by atoms with Gasteiger partial charge in [0.15, 0.2) is 6.04 Å². The Morgan fingerprint density at radius 2 is 1.93 bits per heavy atom. The molecule has 1 fully saturated rings. The summed E-state index contributed by atoms with van der Waals surface area (Å²) in [4.78, 5) is 37.8. The molecular weight excluding hydrogens is 351 g/mol. The van der Waals surface area contributed by atoms with Gasteiger partial charge in [0.1, 0.15) is 5.82 Å². The van der Waals surface area contributed by atoms with Gasteiger partial charge in [0, 0.05) is 18.7 Å². The van der Waals surface area contributed by atoms with Crippen molar-refractivity contribution in [3.63, 3.8) is 0 Å². The van der Waals surface area contributed by atoms with Gasteiger partial charge in [-0.15, -0.1) is 0 Å². The predicted molar refractivity (Wildman–Crippen MR) is 96.6 cm³/mol. The maximum absolute atomic E-state index is 13.4. The molecule has 0 aromatic heterocycles. The quantitative estimate of drug-likeness (QED) is 0.846. The molecule has 27 heavy (non-hydrogen) atoms. The molecule has 2 amide bonds. The van der Waals surface area contributed by atoms with E-state index in [4.69, 9.17) is 0 Å². The van der Waals surface area contributed by atoms with Gasteiger partial charge in [-0.05, 0) is 36.2 Å². The average molecular weight is 370 g/mol. The second-order valence-electron chi connectivity index (χ2n) is 6.53. The summed E-state index contributed by atoms with van der Waals surface area (Å²) in [6.07, 6.45) is -0.0244. The third-order valence-corrected chi connectivity index (χ3v) is 4.62. The fraction of sp³-hybridized carbons (Fsp3) is 0.250. The van der Waals surface area contributed by atoms with E-state index in [2.05, 4.69) is 5.32 Å². The van der Waals surface area contributed by atoms with E-state index in [1.165, 1.54) is 17.0 Å². The maximum Gasteiger partial charge on any atom is 0.330 e. The molecule has 3 rings (SSSR count). The molecule has 2 aromatic rings. The van der Waals surface area contributed by atoms with E-state index in [0.717, 1.165) is 0 Å². The number of carbonyl (C=O) groups is 3. The number of aryl methyl sites for hydroxylation is 1. The van der Waals surface area contributed by atoms with Crippen LogP contribution in [0.4, 0.5) is 10.1 Å². The second kappa shape index (κ2) is 7.57. The van der Waals surface area contributed by atoms with Gasteiger partial charge in [0.05, 0.1) is 5.92 Å². The number of hydrogen-bond donors (Lipinski definition) is 2. The molecule has 140 valence electrons. The minimum absolute atomic E-state index is 0.0244. The van der Waals surface area contributed by atoms with Crippen molar-refractivity contribution < 1.29 is 23.9 Å². The molecule has 7 heteroatoms. The first kappa shape index (κ1) is 18.6. The molecule has 0 bridgehead atoms. The number of carboxylic acids is 1. The van der Waals surface area contributed by atoms with Crippen LogP contribution in [-0.4, -0.2) is 29.4 Å². The summed E-state index contributed by atoms with van der Waals surface area (Å²) < 4.78 is 13.4. The molecule has 2 aromatic carbocycles. The number of carboxylic acid groups (broad SMARTS) is 1. The van der Waals surface area contributed by atoms with Crippen LogP contribution in [0.2, 0.25) is 0 Å². The first-order chi connectivity index (χ1) is 12.9. The van der Waals surface area contributed by atoms with E-state index < -0.39 is 23.8 Å². The molecule has 1 saturated heterocycles. The van der Waals surface area contributed by atoms with Crippen molar-refractivity contribution in [2.75, 3.05) is 11.4 Å². The zero-order chi connectivity index (χ0) is 19.6.